The second-order valence-corrected chi connectivity index (χ2v) is 5.23. The number of aromatic hydroxyl groups is 1. The highest BCUT2D eigenvalue weighted by atomic mass is 16.3. The highest BCUT2D eigenvalue weighted by Crippen LogP contribution is 2.19. The highest BCUT2D eigenvalue weighted by Gasteiger charge is 2.10. The molecule has 0 aliphatic carbocycles. The topological polar surface area (TPSA) is 74.8 Å². The summed E-state index contributed by atoms with van der Waals surface area (Å²) in [7, 11) is 0. The largest absolute Gasteiger partial charge is 0.508 e. The van der Waals surface area contributed by atoms with E-state index in [1.807, 2.05) is 18.2 Å². The number of phenolic OH excluding ortho intramolecular Hbond substituents is 1. The summed E-state index contributed by atoms with van der Waals surface area (Å²) in [5.74, 6) is -0.0164. The van der Waals surface area contributed by atoms with Gasteiger partial charge in [-0.2, -0.15) is 5.10 Å². The van der Waals surface area contributed by atoms with Gasteiger partial charge in [-0.15, -0.1) is 6.58 Å². The van der Waals surface area contributed by atoms with Crippen LogP contribution in [0.5, 0.6) is 5.75 Å². The fourth-order valence-electron chi connectivity index (χ4n) is 2.32. The number of fused-ring (bicyclic) bond motifs is 1. The van der Waals surface area contributed by atoms with Crippen LogP contribution in [0.2, 0.25) is 0 Å². The lowest BCUT2D eigenvalue weighted by molar-refractivity contribution is 0.0929. The van der Waals surface area contributed by atoms with E-state index in [0.717, 1.165) is 16.5 Å². The van der Waals surface area contributed by atoms with Crippen LogP contribution in [0, 0.1) is 0 Å². The Balaban J connectivity index is 1.70. The number of amides is 1. The van der Waals surface area contributed by atoms with Crippen molar-refractivity contribution in [1.82, 2.24) is 5.43 Å². The maximum absolute atomic E-state index is 12.1. The number of carbonyl (C=O) groups is 1. The Labute approximate surface area is 138 Å². The van der Waals surface area contributed by atoms with Gasteiger partial charge in [0.15, 0.2) is 5.76 Å². The van der Waals surface area contributed by atoms with Crippen LogP contribution in [0.25, 0.3) is 11.0 Å². The van der Waals surface area contributed by atoms with E-state index in [4.69, 9.17) is 4.42 Å². The van der Waals surface area contributed by atoms with Crippen LogP contribution >= 0.6 is 0 Å². The summed E-state index contributed by atoms with van der Waals surface area (Å²) >= 11 is 0. The fraction of sp³-hybridized carbons (Fsp3) is 0.0526. The minimum absolute atomic E-state index is 0.200. The van der Waals surface area contributed by atoms with Gasteiger partial charge in [-0.1, -0.05) is 24.3 Å². The van der Waals surface area contributed by atoms with Gasteiger partial charge in [-0.05, 0) is 47.9 Å². The lowest BCUT2D eigenvalue weighted by Crippen LogP contribution is -2.16. The second-order valence-electron chi connectivity index (χ2n) is 5.23. The number of rotatable bonds is 5. The predicted molar refractivity (Wildman–Crippen MR) is 93.3 cm³/mol. The van der Waals surface area contributed by atoms with E-state index in [2.05, 4.69) is 17.1 Å². The molecule has 1 amide bonds. The zero-order valence-corrected chi connectivity index (χ0v) is 12.9. The summed E-state index contributed by atoms with van der Waals surface area (Å²) in [6.07, 6.45) is 3.77. The zero-order chi connectivity index (χ0) is 16.9. The van der Waals surface area contributed by atoms with E-state index in [9.17, 15) is 9.90 Å². The number of furan rings is 1. The van der Waals surface area contributed by atoms with Crippen LogP contribution in [0.3, 0.4) is 0 Å². The molecular weight excluding hydrogens is 304 g/mol. The van der Waals surface area contributed by atoms with Crippen LogP contribution in [0.15, 0.2) is 70.7 Å². The molecule has 0 radical (unpaired) electrons. The van der Waals surface area contributed by atoms with Gasteiger partial charge in [0, 0.05) is 5.39 Å². The van der Waals surface area contributed by atoms with Crippen LogP contribution in [0.4, 0.5) is 0 Å². The monoisotopic (exact) mass is 320 g/mol. The molecule has 24 heavy (non-hydrogen) atoms. The Morgan fingerprint density at radius 3 is 2.88 bits per heavy atom. The molecule has 0 saturated heterocycles. The summed E-state index contributed by atoms with van der Waals surface area (Å²) in [5.41, 5.74) is 4.59. The molecule has 5 nitrogen and oxygen atoms in total. The number of nitrogens with one attached hydrogen (secondary N) is 1. The van der Waals surface area contributed by atoms with Gasteiger partial charge >= 0.3 is 5.91 Å². The van der Waals surface area contributed by atoms with Crippen LogP contribution in [-0.2, 0) is 6.42 Å². The van der Waals surface area contributed by atoms with Crippen molar-refractivity contribution in [3.63, 3.8) is 0 Å². The predicted octanol–water partition coefficient (Wildman–Crippen LogP) is 3.63. The maximum atomic E-state index is 12.1. The van der Waals surface area contributed by atoms with Gasteiger partial charge in [0.2, 0.25) is 0 Å². The molecular formula is C19H16N2O3. The minimum Gasteiger partial charge on any atom is -0.508 e. The number of hydrazone groups is 1. The second kappa shape index (κ2) is 6.83. The molecule has 120 valence electrons. The Morgan fingerprint density at radius 1 is 1.25 bits per heavy atom. The first kappa shape index (κ1) is 15.6. The molecule has 0 atom stereocenters. The van der Waals surface area contributed by atoms with Gasteiger partial charge in [0.05, 0.1) is 6.21 Å². The zero-order valence-electron chi connectivity index (χ0n) is 12.9. The molecule has 0 saturated carbocycles. The third kappa shape index (κ3) is 3.35. The van der Waals surface area contributed by atoms with Crippen LogP contribution < -0.4 is 5.43 Å². The molecule has 1 aromatic heterocycles. The first-order valence-corrected chi connectivity index (χ1v) is 7.42. The number of nitrogens with zero attached hydrogens (tertiary/aromatic N) is 1. The Kier molecular flexibility index (Phi) is 4.43. The number of allylic oxidation sites excluding steroid dienone is 1. The molecule has 2 N–H and O–H groups in total. The number of para-hydroxylation sites is 1. The molecule has 0 spiro atoms. The number of carbonyl (C=O) groups excluding carboxylic acids is 1. The number of hydrogen-bond acceptors (Lipinski definition) is 4. The molecule has 1 heterocycles. The first-order valence-electron chi connectivity index (χ1n) is 7.42. The molecule has 0 unspecified atom stereocenters. The fourth-order valence-corrected chi connectivity index (χ4v) is 2.32. The smallest absolute Gasteiger partial charge is 0.307 e. The molecule has 0 aliphatic rings. The summed E-state index contributed by atoms with van der Waals surface area (Å²) in [6, 6.07) is 14.1. The Morgan fingerprint density at radius 2 is 2.08 bits per heavy atom. The van der Waals surface area contributed by atoms with Gasteiger partial charge in [-0.25, -0.2) is 5.43 Å². The maximum Gasteiger partial charge on any atom is 0.307 e. The third-order valence-corrected chi connectivity index (χ3v) is 3.50. The Hall–Kier alpha value is -3.34. The van der Waals surface area contributed by atoms with Gasteiger partial charge < -0.3 is 9.52 Å². The van der Waals surface area contributed by atoms with Gasteiger partial charge in [0.25, 0.3) is 0 Å². The van der Waals surface area contributed by atoms with Crippen molar-refractivity contribution in [1.29, 1.82) is 0 Å². The quantitative estimate of drug-likeness (QED) is 0.428. The first-order chi connectivity index (χ1) is 11.7. The van der Waals surface area contributed by atoms with Crippen molar-refractivity contribution in [2.75, 3.05) is 0 Å². The molecule has 3 rings (SSSR count). The van der Waals surface area contributed by atoms with Crippen molar-refractivity contribution < 1.29 is 14.3 Å². The standard InChI is InChI=1S/C19H16N2O3/c1-2-5-14-10-13(8-9-16(14)22)12-20-21-19(23)18-11-15-6-3-4-7-17(15)24-18/h2-4,6-12,22H,1,5H2,(H,21,23)/b20-12+. The molecule has 0 aliphatic heterocycles. The molecule has 0 fully saturated rings. The van der Waals surface area contributed by atoms with E-state index in [1.54, 1.807) is 36.4 Å². The normalized spacial score (nSPS) is 11.0. The summed E-state index contributed by atoms with van der Waals surface area (Å²) in [5, 5.41) is 14.5. The van der Waals surface area contributed by atoms with E-state index in [1.165, 1.54) is 6.21 Å². The van der Waals surface area contributed by atoms with Crippen molar-refractivity contribution in [3.8, 4) is 5.75 Å². The van der Waals surface area contributed by atoms with E-state index >= 15 is 0 Å². The molecule has 3 aromatic rings. The van der Waals surface area contributed by atoms with Crippen molar-refractivity contribution in [3.05, 3.63) is 78.1 Å². The van der Waals surface area contributed by atoms with Crippen LogP contribution in [-0.4, -0.2) is 17.2 Å². The van der Waals surface area contributed by atoms with Crippen molar-refractivity contribution in [2.45, 2.75) is 6.42 Å². The van der Waals surface area contributed by atoms with Crippen LogP contribution in [0.1, 0.15) is 21.7 Å². The SMILES string of the molecule is C=CCc1cc(/C=N/NC(=O)c2cc3ccccc3o2)ccc1O. The minimum atomic E-state index is -0.424. The van der Waals surface area contributed by atoms with E-state index in [-0.39, 0.29) is 11.5 Å². The third-order valence-electron chi connectivity index (χ3n) is 3.50. The molecule has 5 heteroatoms. The molecule has 0 bridgehead atoms. The van der Waals surface area contributed by atoms with Gasteiger partial charge in [-0.3, -0.25) is 4.79 Å². The van der Waals surface area contributed by atoms with Crippen molar-refractivity contribution in [2.24, 2.45) is 5.10 Å². The van der Waals surface area contributed by atoms with E-state index in [0.29, 0.717) is 12.0 Å². The summed E-state index contributed by atoms with van der Waals surface area (Å²) in [6.45, 7) is 3.65. The van der Waals surface area contributed by atoms with E-state index < -0.39 is 5.91 Å². The number of phenols is 1. The van der Waals surface area contributed by atoms with Crippen molar-refractivity contribution >= 4 is 23.1 Å². The summed E-state index contributed by atoms with van der Waals surface area (Å²) in [4.78, 5) is 12.1. The average Bonchev–Trinajstić information content (AvgIpc) is 3.02. The average molecular weight is 320 g/mol. The Bertz CT molecular complexity index is 892. The van der Waals surface area contributed by atoms with Gasteiger partial charge in [0.1, 0.15) is 11.3 Å². The highest BCUT2D eigenvalue weighted by molar-refractivity contribution is 5.96. The number of hydrogen-bond donors (Lipinski definition) is 2. The number of benzene rings is 2. The summed E-state index contributed by atoms with van der Waals surface area (Å²) < 4.78 is 5.47. The lowest BCUT2D eigenvalue weighted by atomic mass is 10.1. The lowest BCUT2D eigenvalue weighted by Gasteiger charge is -2.02. The molecule has 2 aromatic carbocycles.